The molecule has 1 N–H and O–H groups in total. The Bertz CT molecular complexity index is 1070. The summed E-state index contributed by atoms with van der Waals surface area (Å²) in [7, 11) is 0. The molecule has 0 saturated heterocycles. The Morgan fingerprint density at radius 3 is 2.62 bits per heavy atom. The molecular weight excluding hydrogens is 382 g/mol. The molecule has 0 aliphatic heterocycles. The van der Waals surface area contributed by atoms with E-state index in [1.165, 1.54) is 36.6 Å². The molecule has 0 bridgehead atoms. The summed E-state index contributed by atoms with van der Waals surface area (Å²) in [5, 5.41) is 4.12. The number of para-hydroxylation sites is 1. The van der Waals surface area contributed by atoms with Gasteiger partial charge in [-0.2, -0.15) is 0 Å². The van der Waals surface area contributed by atoms with Gasteiger partial charge in [0, 0.05) is 6.54 Å². The number of fused-ring (bicyclic) bond motifs is 1. The summed E-state index contributed by atoms with van der Waals surface area (Å²) in [5.41, 5.74) is 2.51. The Labute approximate surface area is 174 Å². The first-order valence-electron chi connectivity index (χ1n) is 10.2. The fraction of sp³-hybridized carbons (Fsp3) is 0.348. The van der Waals surface area contributed by atoms with Gasteiger partial charge in [0.05, 0.1) is 22.3 Å². The maximum Gasteiger partial charge on any atom is 0.266 e. The summed E-state index contributed by atoms with van der Waals surface area (Å²) in [4.78, 5) is 30.2. The van der Waals surface area contributed by atoms with E-state index in [0.717, 1.165) is 18.7 Å². The third-order valence-corrected chi connectivity index (χ3v) is 6.43. The first-order chi connectivity index (χ1) is 14.2. The maximum absolute atomic E-state index is 13.2. The van der Waals surface area contributed by atoms with Crippen molar-refractivity contribution >= 4 is 28.6 Å². The number of amides is 1. The van der Waals surface area contributed by atoms with Crippen LogP contribution in [0.15, 0.2) is 58.5 Å². The second kappa shape index (κ2) is 8.82. The van der Waals surface area contributed by atoms with Crippen LogP contribution >= 0.6 is 11.8 Å². The molecule has 1 aliphatic rings. The number of aromatic nitrogens is 2. The number of carbonyl (C=O) groups excluding carboxylic acids is 1. The third kappa shape index (κ3) is 4.37. The van der Waals surface area contributed by atoms with Crippen molar-refractivity contribution in [1.82, 2.24) is 14.9 Å². The molecule has 1 heterocycles. The topological polar surface area (TPSA) is 64.0 Å². The fourth-order valence-electron chi connectivity index (χ4n) is 3.45. The van der Waals surface area contributed by atoms with Crippen molar-refractivity contribution in [1.29, 1.82) is 0 Å². The van der Waals surface area contributed by atoms with Crippen LogP contribution in [0.3, 0.4) is 0 Å². The van der Waals surface area contributed by atoms with E-state index in [9.17, 15) is 9.59 Å². The van der Waals surface area contributed by atoms with Crippen molar-refractivity contribution < 1.29 is 4.79 Å². The van der Waals surface area contributed by atoms with E-state index in [2.05, 4.69) is 12.2 Å². The van der Waals surface area contributed by atoms with Crippen LogP contribution in [0.1, 0.15) is 31.7 Å². The minimum Gasteiger partial charge on any atom is -0.355 e. The second-order valence-corrected chi connectivity index (χ2v) is 8.40. The molecule has 1 fully saturated rings. The van der Waals surface area contributed by atoms with Crippen LogP contribution < -0.4 is 10.9 Å². The molecule has 1 amide bonds. The number of rotatable bonds is 7. The van der Waals surface area contributed by atoms with Gasteiger partial charge in [-0.25, -0.2) is 4.98 Å². The molecule has 0 unspecified atom stereocenters. The number of thioether (sulfide) groups is 1. The smallest absolute Gasteiger partial charge is 0.266 e. The number of benzene rings is 2. The monoisotopic (exact) mass is 407 g/mol. The molecule has 29 heavy (non-hydrogen) atoms. The zero-order valence-corrected chi connectivity index (χ0v) is 17.4. The van der Waals surface area contributed by atoms with Gasteiger partial charge in [0.15, 0.2) is 5.16 Å². The van der Waals surface area contributed by atoms with Crippen molar-refractivity contribution in [3.63, 3.8) is 0 Å². The minimum atomic E-state index is -0.114. The Balaban J connectivity index is 1.63. The maximum atomic E-state index is 13.2. The van der Waals surface area contributed by atoms with Gasteiger partial charge in [0.25, 0.3) is 5.56 Å². The van der Waals surface area contributed by atoms with E-state index in [0.29, 0.717) is 22.0 Å². The summed E-state index contributed by atoms with van der Waals surface area (Å²) in [6.45, 7) is 2.85. The normalized spacial score (nSPS) is 14.0. The molecule has 6 heteroatoms. The van der Waals surface area contributed by atoms with Crippen LogP contribution in [-0.2, 0) is 11.2 Å². The van der Waals surface area contributed by atoms with E-state index < -0.39 is 0 Å². The highest BCUT2D eigenvalue weighted by molar-refractivity contribution is 7.99. The van der Waals surface area contributed by atoms with Gasteiger partial charge in [-0.05, 0) is 55.0 Å². The molecule has 1 saturated carbocycles. The lowest BCUT2D eigenvalue weighted by atomic mass is 9.85. The lowest BCUT2D eigenvalue weighted by molar-refractivity contribution is -0.118. The zero-order valence-electron chi connectivity index (χ0n) is 16.6. The molecule has 1 aromatic heterocycles. The SMILES string of the molecule is CCc1ccc(-n2c(SCC(=O)NCC3CCC3)nc3ccccc3c2=O)cc1. The van der Waals surface area contributed by atoms with E-state index in [4.69, 9.17) is 4.98 Å². The van der Waals surface area contributed by atoms with Crippen LogP contribution in [0.5, 0.6) is 0 Å². The average molecular weight is 408 g/mol. The Hall–Kier alpha value is -2.60. The van der Waals surface area contributed by atoms with E-state index >= 15 is 0 Å². The first-order valence-corrected chi connectivity index (χ1v) is 11.1. The van der Waals surface area contributed by atoms with Gasteiger partial charge in [0.2, 0.25) is 5.91 Å². The summed E-state index contributed by atoms with van der Waals surface area (Å²) in [6.07, 6.45) is 4.60. The largest absolute Gasteiger partial charge is 0.355 e. The lowest BCUT2D eigenvalue weighted by Crippen LogP contribution is -2.33. The molecule has 3 aromatic rings. The highest BCUT2D eigenvalue weighted by atomic mass is 32.2. The number of aryl methyl sites for hydroxylation is 1. The molecule has 2 aromatic carbocycles. The number of hydrogen-bond acceptors (Lipinski definition) is 4. The Kier molecular flexibility index (Phi) is 6.00. The summed E-state index contributed by atoms with van der Waals surface area (Å²) < 4.78 is 1.62. The number of carbonyl (C=O) groups is 1. The highest BCUT2D eigenvalue weighted by Crippen LogP contribution is 2.25. The number of nitrogens with zero attached hydrogens (tertiary/aromatic N) is 2. The molecule has 1 aliphatic carbocycles. The Morgan fingerprint density at radius 2 is 1.93 bits per heavy atom. The number of nitrogens with one attached hydrogen (secondary N) is 1. The minimum absolute atomic E-state index is 0.0165. The Morgan fingerprint density at radius 1 is 1.17 bits per heavy atom. The zero-order chi connectivity index (χ0) is 20.2. The molecule has 4 rings (SSSR count). The van der Waals surface area contributed by atoms with Crippen LogP contribution in [-0.4, -0.2) is 27.8 Å². The van der Waals surface area contributed by atoms with Crippen molar-refractivity contribution in [2.75, 3.05) is 12.3 Å². The average Bonchev–Trinajstić information content (AvgIpc) is 2.71. The van der Waals surface area contributed by atoms with Gasteiger partial charge >= 0.3 is 0 Å². The predicted octanol–water partition coefficient (Wildman–Crippen LogP) is 3.96. The summed E-state index contributed by atoms with van der Waals surface area (Å²) in [5.74, 6) is 0.847. The summed E-state index contributed by atoms with van der Waals surface area (Å²) in [6, 6.07) is 15.3. The van der Waals surface area contributed by atoms with Gasteiger partial charge in [0.1, 0.15) is 0 Å². The van der Waals surface area contributed by atoms with Crippen LogP contribution in [0.25, 0.3) is 16.6 Å². The van der Waals surface area contributed by atoms with Crippen molar-refractivity contribution in [3.05, 3.63) is 64.4 Å². The number of hydrogen-bond donors (Lipinski definition) is 1. The van der Waals surface area contributed by atoms with Crippen molar-refractivity contribution in [2.45, 2.75) is 37.8 Å². The van der Waals surface area contributed by atoms with E-state index in [-0.39, 0.29) is 17.2 Å². The fourth-order valence-corrected chi connectivity index (χ4v) is 4.30. The first kappa shape index (κ1) is 19.7. The quantitative estimate of drug-likeness (QED) is 0.476. The second-order valence-electron chi connectivity index (χ2n) is 7.46. The third-order valence-electron chi connectivity index (χ3n) is 5.49. The van der Waals surface area contributed by atoms with Crippen LogP contribution in [0.2, 0.25) is 0 Å². The van der Waals surface area contributed by atoms with Crippen LogP contribution in [0, 0.1) is 5.92 Å². The van der Waals surface area contributed by atoms with Crippen molar-refractivity contribution in [3.8, 4) is 5.69 Å². The van der Waals surface area contributed by atoms with Gasteiger partial charge in [-0.15, -0.1) is 0 Å². The lowest BCUT2D eigenvalue weighted by Gasteiger charge is -2.25. The van der Waals surface area contributed by atoms with E-state index in [1.807, 2.05) is 42.5 Å². The van der Waals surface area contributed by atoms with Gasteiger partial charge < -0.3 is 5.32 Å². The van der Waals surface area contributed by atoms with Crippen LogP contribution in [0.4, 0.5) is 0 Å². The molecular formula is C23H25N3O2S. The van der Waals surface area contributed by atoms with Crippen molar-refractivity contribution in [2.24, 2.45) is 5.92 Å². The molecule has 150 valence electrons. The predicted molar refractivity (Wildman–Crippen MR) is 118 cm³/mol. The van der Waals surface area contributed by atoms with E-state index in [1.54, 1.807) is 10.6 Å². The van der Waals surface area contributed by atoms with Gasteiger partial charge in [-0.1, -0.05) is 49.4 Å². The standard InChI is InChI=1S/C23H25N3O2S/c1-2-16-10-12-18(13-11-16)26-22(28)19-8-3-4-9-20(19)25-23(26)29-15-21(27)24-14-17-6-5-7-17/h3-4,8-13,17H,2,5-7,14-15H2,1H3,(H,24,27). The molecule has 5 nitrogen and oxygen atoms in total. The molecule has 0 radical (unpaired) electrons. The summed E-state index contributed by atoms with van der Waals surface area (Å²) >= 11 is 1.31. The molecule has 0 spiro atoms. The molecule has 0 atom stereocenters. The highest BCUT2D eigenvalue weighted by Gasteiger charge is 2.19. The van der Waals surface area contributed by atoms with Gasteiger partial charge in [-0.3, -0.25) is 14.2 Å².